The molecule has 0 N–H and O–H groups in total. The molecule has 3 aliphatic heterocycles. The van der Waals surface area contributed by atoms with Crippen LogP contribution in [0.4, 0.5) is 0 Å². The molecular weight excluding hydrogens is 198 g/mol. The van der Waals surface area contributed by atoms with Crippen LogP contribution < -0.4 is 0 Å². The minimum Gasteiger partial charge on any atom is -0.381 e. The molecule has 0 aromatic carbocycles. The maximum atomic E-state index is 5.50. The predicted octanol–water partition coefficient (Wildman–Crippen LogP) is 2.68. The van der Waals surface area contributed by atoms with E-state index in [1.54, 1.807) is 0 Å². The summed E-state index contributed by atoms with van der Waals surface area (Å²) in [4.78, 5) is 2.82. The third-order valence-corrected chi connectivity index (χ3v) is 5.39. The van der Waals surface area contributed by atoms with Crippen molar-refractivity contribution in [3.05, 3.63) is 0 Å². The Morgan fingerprint density at radius 2 is 1.75 bits per heavy atom. The van der Waals surface area contributed by atoms with Gasteiger partial charge in [-0.3, -0.25) is 4.90 Å². The molecule has 0 aromatic heterocycles. The molecule has 4 rings (SSSR count). The van der Waals surface area contributed by atoms with Crippen molar-refractivity contribution in [1.82, 2.24) is 4.90 Å². The van der Waals surface area contributed by atoms with Gasteiger partial charge in [-0.15, -0.1) is 0 Å². The summed E-state index contributed by atoms with van der Waals surface area (Å²) in [6.45, 7) is 8.26. The second kappa shape index (κ2) is 3.99. The van der Waals surface area contributed by atoms with E-state index >= 15 is 0 Å². The van der Waals surface area contributed by atoms with Gasteiger partial charge in [0, 0.05) is 24.8 Å². The average molecular weight is 223 g/mol. The third kappa shape index (κ3) is 1.70. The standard InChI is InChI=1S/C14H25NO/c1-14(2,12-4-7-16-8-5-12)15-6-3-11-9-13(15)10-11/h11-13H,3-10H2,1-2H3. The first-order valence-corrected chi connectivity index (χ1v) is 7.02. The zero-order valence-corrected chi connectivity index (χ0v) is 10.7. The van der Waals surface area contributed by atoms with Crippen LogP contribution in [0.15, 0.2) is 0 Å². The molecule has 2 bridgehead atoms. The maximum absolute atomic E-state index is 5.50. The van der Waals surface area contributed by atoms with Gasteiger partial charge in [0.25, 0.3) is 0 Å². The minimum absolute atomic E-state index is 0.403. The second-order valence-electron chi connectivity index (χ2n) is 6.51. The fourth-order valence-electron chi connectivity index (χ4n) is 4.09. The van der Waals surface area contributed by atoms with Gasteiger partial charge in [0.05, 0.1) is 0 Å². The molecule has 4 aliphatic rings. The first-order chi connectivity index (χ1) is 7.68. The van der Waals surface area contributed by atoms with Gasteiger partial charge in [-0.05, 0) is 64.3 Å². The molecule has 0 radical (unpaired) electrons. The second-order valence-corrected chi connectivity index (χ2v) is 6.51. The average Bonchev–Trinajstić information content (AvgIpc) is 2.29. The third-order valence-electron chi connectivity index (χ3n) is 5.39. The van der Waals surface area contributed by atoms with Gasteiger partial charge < -0.3 is 4.74 Å². The molecule has 0 aromatic rings. The van der Waals surface area contributed by atoms with E-state index in [-0.39, 0.29) is 0 Å². The maximum Gasteiger partial charge on any atom is 0.0469 e. The number of hydrogen-bond acceptors (Lipinski definition) is 2. The van der Waals surface area contributed by atoms with Gasteiger partial charge in [-0.25, -0.2) is 0 Å². The Hall–Kier alpha value is -0.0800. The highest BCUT2D eigenvalue weighted by Gasteiger charge is 2.46. The number of hydrogen-bond donors (Lipinski definition) is 0. The van der Waals surface area contributed by atoms with Crippen LogP contribution in [0.3, 0.4) is 0 Å². The topological polar surface area (TPSA) is 12.5 Å². The molecule has 92 valence electrons. The molecule has 0 atom stereocenters. The van der Waals surface area contributed by atoms with Crippen molar-refractivity contribution in [2.45, 2.75) is 57.5 Å². The summed E-state index contributed by atoms with van der Waals surface area (Å²) in [5.41, 5.74) is 0.403. The zero-order chi connectivity index (χ0) is 11.2. The Balaban J connectivity index is 1.70. The van der Waals surface area contributed by atoms with Crippen LogP contribution in [-0.4, -0.2) is 36.2 Å². The van der Waals surface area contributed by atoms with E-state index in [1.807, 2.05) is 0 Å². The van der Waals surface area contributed by atoms with Gasteiger partial charge in [-0.1, -0.05) is 0 Å². The van der Waals surface area contributed by atoms with Crippen molar-refractivity contribution in [3.63, 3.8) is 0 Å². The Kier molecular flexibility index (Phi) is 2.75. The highest BCUT2D eigenvalue weighted by atomic mass is 16.5. The summed E-state index contributed by atoms with van der Waals surface area (Å²) >= 11 is 0. The molecular formula is C14H25NO. The van der Waals surface area contributed by atoms with E-state index in [9.17, 15) is 0 Å². The normalized spacial score (nSPS) is 37.1. The minimum atomic E-state index is 0.403. The van der Waals surface area contributed by atoms with Crippen LogP contribution in [0.1, 0.15) is 46.0 Å². The fourth-order valence-corrected chi connectivity index (χ4v) is 4.09. The van der Waals surface area contributed by atoms with Crippen molar-refractivity contribution in [2.24, 2.45) is 11.8 Å². The summed E-state index contributed by atoms with van der Waals surface area (Å²) in [6.07, 6.45) is 6.93. The van der Waals surface area contributed by atoms with E-state index in [0.29, 0.717) is 5.54 Å². The number of piperidine rings is 2. The Labute approximate surface area is 99.3 Å². The van der Waals surface area contributed by atoms with Crippen molar-refractivity contribution in [2.75, 3.05) is 19.8 Å². The highest BCUT2D eigenvalue weighted by Crippen LogP contribution is 2.45. The Morgan fingerprint density at radius 1 is 1.06 bits per heavy atom. The molecule has 0 amide bonds. The van der Waals surface area contributed by atoms with E-state index in [1.165, 1.54) is 38.6 Å². The van der Waals surface area contributed by atoms with Gasteiger partial charge >= 0.3 is 0 Å². The molecule has 3 heterocycles. The molecule has 2 heteroatoms. The van der Waals surface area contributed by atoms with Crippen molar-refractivity contribution in [1.29, 1.82) is 0 Å². The van der Waals surface area contributed by atoms with Gasteiger partial charge in [0.1, 0.15) is 0 Å². The number of ether oxygens (including phenoxy) is 1. The van der Waals surface area contributed by atoms with E-state index in [4.69, 9.17) is 4.74 Å². The van der Waals surface area contributed by atoms with Crippen LogP contribution in [-0.2, 0) is 4.74 Å². The van der Waals surface area contributed by atoms with Crippen LogP contribution in [0.5, 0.6) is 0 Å². The zero-order valence-electron chi connectivity index (χ0n) is 10.7. The lowest BCUT2D eigenvalue weighted by Crippen LogP contribution is -2.62. The van der Waals surface area contributed by atoms with Crippen molar-refractivity contribution < 1.29 is 4.74 Å². The molecule has 0 spiro atoms. The van der Waals surface area contributed by atoms with Crippen LogP contribution in [0.2, 0.25) is 0 Å². The smallest absolute Gasteiger partial charge is 0.0469 e. The largest absolute Gasteiger partial charge is 0.381 e. The Morgan fingerprint density at radius 3 is 2.31 bits per heavy atom. The van der Waals surface area contributed by atoms with Gasteiger partial charge in [0.2, 0.25) is 0 Å². The van der Waals surface area contributed by atoms with Crippen molar-refractivity contribution >= 4 is 0 Å². The number of rotatable bonds is 2. The lowest BCUT2D eigenvalue weighted by atomic mass is 9.69. The number of fused-ring (bicyclic) bond motifs is 2. The van der Waals surface area contributed by atoms with Gasteiger partial charge in [0.15, 0.2) is 0 Å². The lowest BCUT2D eigenvalue weighted by Gasteiger charge is -2.58. The van der Waals surface area contributed by atoms with Crippen LogP contribution in [0, 0.1) is 11.8 Å². The molecule has 3 saturated heterocycles. The molecule has 1 saturated carbocycles. The summed E-state index contributed by atoms with van der Waals surface area (Å²) in [7, 11) is 0. The lowest BCUT2D eigenvalue weighted by molar-refractivity contribution is -0.0903. The SMILES string of the molecule is CC(C)(C1CCOCC1)N1CCC2CC1C2. The van der Waals surface area contributed by atoms with Crippen LogP contribution in [0.25, 0.3) is 0 Å². The molecule has 16 heavy (non-hydrogen) atoms. The molecule has 4 fully saturated rings. The van der Waals surface area contributed by atoms with E-state index < -0.39 is 0 Å². The van der Waals surface area contributed by atoms with E-state index in [0.717, 1.165) is 31.1 Å². The van der Waals surface area contributed by atoms with Gasteiger partial charge in [-0.2, -0.15) is 0 Å². The summed E-state index contributed by atoms with van der Waals surface area (Å²) in [5.74, 6) is 1.92. The first kappa shape index (κ1) is 11.0. The summed E-state index contributed by atoms with van der Waals surface area (Å²) < 4.78 is 5.50. The summed E-state index contributed by atoms with van der Waals surface area (Å²) in [5, 5.41) is 0. The quantitative estimate of drug-likeness (QED) is 0.713. The van der Waals surface area contributed by atoms with E-state index in [2.05, 4.69) is 18.7 Å². The number of nitrogens with zero attached hydrogens (tertiary/aromatic N) is 1. The monoisotopic (exact) mass is 223 g/mol. The summed E-state index contributed by atoms with van der Waals surface area (Å²) in [6, 6.07) is 0.914. The molecule has 2 nitrogen and oxygen atoms in total. The van der Waals surface area contributed by atoms with Crippen LogP contribution >= 0.6 is 0 Å². The highest BCUT2D eigenvalue weighted by molar-refractivity contribution is 5.01. The first-order valence-electron chi connectivity index (χ1n) is 7.02. The molecule has 0 unspecified atom stereocenters. The Bertz CT molecular complexity index is 249. The predicted molar refractivity (Wildman–Crippen MR) is 65.5 cm³/mol. The van der Waals surface area contributed by atoms with Crippen molar-refractivity contribution in [3.8, 4) is 0 Å². The fraction of sp³-hybridized carbons (Fsp3) is 1.00. The molecule has 1 aliphatic carbocycles.